The number of carbonyl (C=O) groups is 1. The molecule has 0 unspecified atom stereocenters. The van der Waals surface area contributed by atoms with E-state index in [1.807, 2.05) is 24.3 Å². The zero-order valence-corrected chi connectivity index (χ0v) is 14.4. The average Bonchev–Trinajstić information content (AvgIpc) is 2.91. The van der Waals surface area contributed by atoms with E-state index < -0.39 is 0 Å². The van der Waals surface area contributed by atoms with Crippen molar-refractivity contribution in [1.29, 1.82) is 0 Å². The van der Waals surface area contributed by atoms with Crippen molar-refractivity contribution in [2.45, 2.75) is 13.8 Å². The maximum Gasteiger partial charge on any atom is 0.293 e. The minimum Gasteiger partial charge on any atom is -0.449 e. The van der Waals surface area contributed by atoms with Crippen molar-refractivity contribution in [3.05, 3.63) is 59.3 Å². The lowest BCUT2D eigenvalue weighted by molar-refractivity contribution is 0.0999. The molecule has 0 spiro atoms. The Kier molecular flexibility index (Phi) is 4.76. The number of halogens is 1. The molecule has 0 radical (unpaired) electrons. The van der Waals surface area contributed by atoms with Gasteiger partial charge in [0.15, 0.2) is 0 Å². The Morgan fingerprint density at radius 3 is 2.71 bits per heavy atom. The van der Waals surface area contributed by atoms with Crippen LogP contribution in [0.25, 0.3) is 11.0 Å². The first-order valence-corrected chi connectivity index (χ1v) is 8.24. The van der Waals surface area contributed by atoms with Gasteiger partial charge in [-0.1, -0.05) is 43.6 Å². The van der Waals surface area contributed by atoms with Crippen LogP contribution in [0.3, 0.4) is 0 Å². The van der Waals surface area contributed by atoms with Crippen molar-refractivity contribution < 1.29 is 9.21 Å². The Hall–Kier alpha value is -2.46. The summed E-state index contributed by atoms with van der Waals surface area (Å²) in [5, 5.41) is 7.63. The van der Waals surface area contributed by atoms with Gasteiger partial charge in [0.25, 0.3) is 5.91 Å². The Morgan fingerprint density at radius 1 is 1.17 bits per heavy atom. The zero-order valence-electron chi connectivity index (χ0n) is 13.6. The zero-order chi connectivity index (χ0) is 17.1. The summed E-state index contributed by atoms with van der Waals surface area (Å²) in [5.41, 5.74) is 2.03. The van der Waals surface area contributed by atoms with Gasteiger partial charge in [0.05, 0.1) is 5.69 Å². The highest BCUT2D eigenvalue weighted by atomic mass is 35.5. The van der Waals surface area contributed by atoms with Gasteiger partial charge in [0, 0.05) is 22.6 Å². The van der Waals surface area contributed by atoms with Gasteiger partial charge in [0.2, 0.25) is 5.76 Å². The third-order valence-corrected chi connectivity index (χ3v) is 3.81. The summed E-state index contributed by atoms with van der Waals surface area (Å²) in [5.74, 6) is 0.416. The number of fused-ring (bicyclic) bond motifs is 1. The molecule has 0 bridgehead atoms. The Bertz CT molecular complexity index is 871. The van der Waals surface area contributed by atoms with E-state index in [0.717, 1.165) is 17.6 Å². The average molecular weight is 343 g/mol. The predicted molar refractivity (Wildman–Crippen MR) is 98.9 cm³/mol. The summed E-state index contributed by atoms with van der Waals surface area (Å²) >= 11 is 5.97. The Morgan fingerprint density at radius 2 is 1.96 bits per heavy atom. The second kappa shape index (κ2) is 6.97. The minimum atomic E-state index is -0.306. The van der Waals surface area contributed by atoms with Crippen LogP contribution in [-0.2, 0) is 0 Å². The van der Waals surface area contributed by atoms with Crippen LogP contribution in [0.2, 0.25) is 5.02 Å². The maximum absolute atomic E-state index is 12.7. The third kappa shape index (κ3) is 3.54. The lowest BCUT2D eigenvalue weighted by Gasteiger charge is -2.10. The standard InChI is InChI=1S/C19H19ClN2O2/c1-12(2)11-21-17-15-8-3-4-9-16(15)24-18(17)19(23)22-14-7-5-6-13(20)10-14/h3-10,12,21H,11H2,1-2H3,(H,22,23). The van der Waals surface area contributed by atoms with Crippen LogP contribution < -0.4 is 10.6 Å². The van der Waals surface area contributed by atoms with Crippen molar-refractivity contribution in [1.82, 2.24) is 0 Å². The molecule has 5 heteroatoms. The Labute approximate surface area is 145 Å². The number of hydrogen-bond donors (Lipinski definition) is 2. The number of rotatable bonds is 5. The first-order valence-electron chi connectivity index (χ1n) is 7.87. The number of anilines is 2. The maximum atomic E-state index is 12.7. The van der Waals surface area contributed by atoms with Gasteiger partial charge in [-0.25, -0.2) is 0 Å². The second-order valence-electron chi connectivity index (χ2n) is 6.04. The van der Waals surface area contributed by atoms with Crippen LogP contribution in [0, 0.1) is 5.92 Å². The third-order valence-electron chi connectivity index (χ3n) is 3.57. The first kappa shape index (κ1) is 16.4. The Balaban J connectivity index is 1.94. The predicted octanol–water partition coefficient (Wildman–Crippen LogP) is 5.41. The van der Waals surface area contributed by atoms with Gasteiger partial charge in [-0.2, -0.15) is 0 Å². The molecule has 1 heterocycles. The molecule has 0 aliphatic heterocycles. The number of furan rings is 1. The summed E-state index contributed by atoms with van der Waals surface area (Å²) in [6.45, 7) is 4.98. The van der Waals surface area contributed by atoms with Crippen LogP contribution >= 0.6 is 11.6 Å². The molecule has 0 saturated heterocycles. The molecular formula is C19H19ClN2O2. The number of benzene rings is 2. The van der Waals surface area contributed by atoms with E-state index in [-0.39, 0.29) is 11.7 Å². The number of carbonyl (C=O) groups excluding carboxylic acids is 1. The highest BCUT2D eigenvalue weighted by molar-refractivity contribution is 6.31. The van der Waals surface area contributed by atoms with Crippen molar-refractivity contribution >= 4 is 39.9 Å². The van der Waals surface area contributed by atoms with Gasteiger partial charge in [-0.05, 0) is 36.2 Å². The molecular weight excluding hydrogens is 324 g/mol. The molecule has 0 atom stereocenters. The molecule has 2 aromatic carbocycles. The molecule has 0 aliphatic rings. The monoisotopic (exact) mass is 342 g/mol. The first-order chi connectivity index (χ1) is 11.5. The molecule has 1 aromatic heterocycles. The van der Waals surface area contributed by atoms with E-state index in [4.69, 9.17) is 16.0 Å². The van der Waals surface area contributed by atoms with Gasteiger partial charge in [0.1, 0.15) is 5.58 Å². The van der Waals surface area contributed by atoms with E-state index in [1.165, 1.54) is 0 Å². The molecule has 0 saturated carbocycles. The van der Waals surface area contributed by atoms with Gasteiger partial charge >= 0.3 is 0 Å². The van der Waals surface area contributed by atoms with E-state index in [9.17, 15) is 4.79 Å². The van der Waals surface area contributed by atoms with E-state index in [1.54, 1.807) is 24.3 Å². The second-order valence-corrected chi connectivity index (χ2v) is 6.48. The lowest BCUT2D eigenvalue weighted by Crippen LogP contribution is -2.15. The highest BCUT2D eigenvalue weighted by Crippen LogP contribution is 2.31. The molecule has 1 amide bonds. The summed E-state index contributed by atoms with van der Waals surface area (Å²) in [7, 11) is 0. The summed E-state index contributed by atoms with van der Waals surface area (Å²) in [6.07, 6.45) is 0. The fourth-order valence-electron chi connectivity index (χ4n) is 2.44. The topological polar surface area (TPSA) is 54.3 Å². The largest absolute Gasteiger partial charge is 0.449 e. The van der Waals surface area contributed by atoms with Crippen LogP contribution in [0.4, 0.5) is 11.4 Å². The fraction of sp³-hybridized carbons (Fsp3) is 0.211. The van der Waals surface area contributed by atoms with Crippen LogP contribution in [-0.4, -0.2) is 12.5 Å². The number of nitrogens with one attached hydrogen (secondary N) is 2. The van der Waals surface area contributed by atoms with E-state index in [2.05, 4.69) is 24.5 Å². The minimum absolute atomic E-state index is 0.275. The van der Waals surface area contributed by atoms with Crippen LogP contribution in [0.15, 0.2) is 52.9 Å². The van der Waals surface area contributed by atoms with Gasteiger partial charge in [-0.15, -0.1) is 0 Å². The van der Waals surface area contributed by atoms with E-state index >= 15 is 0 Å². The van der Waals surface area contributed by atoms with Crippen molar-refractivity contribution in [3.8, 4) is 0 Å². The summed E-state index contributed by atoms with van der Waals surface area (Å²) in [6, 6.07) is 14.6. The number of hydrogen-bond acceptors (Lipinski definition) is 3. The summed E-state index contributed by atoms with van der Waals surface area (Å²) in [4.78, 5) is 12.7. The molecule has 124 valence electrons. The number of para-hydroxylation sites is 1. The van der Waals surface area contributed by atoms with Crippen molar-refractivity contribution in [2.24, 2.45) is 5.92 Å². The molecule has 2 N–H and O–H groups in total. The van der Waals surface area contributed by atoms with Crippen molar-refractivity contribution in [2.75, 3.05) is 17.2 Å². The van der Waals surface area contributed by atoms with Gasteiger partial charge in [-0.3, -0.25) is 4.79 Å². The molecule has 0 fully saturated rings. The van der Waals surface area contributed by atoms with E-state index in [0.29, 0.717) is 22.2 Å². The molecule has 3 rings (SSSR count). The van der Waals surface area contributed by atoms with Gasteiger partial charge < -0.3 is 15.1 Å². The van der Waals surface area contributed by atoms with Crippen LogP contribution in [0.1, 0.15) is 24.4 Å². The molecule has 3 aromatic rings. The summed E-state index contributed by atoms with van der Waals surface area (Å²) < 4.78 is 5.79. The number of amides is 1. The van der Waals surface area contributed by atoms with Crippen LogP contribution in [0.5, 0.6) is 0 Å². The van der Waals surface area contributed by atoms with Crippen molar-refractivity contribution in [3.63, 3.8) is 0 Å². The fourth-order valence-corrected chi connectivity index (χ4v) is 2.63. The SMILES string of the molecule is CC(C)CNc1c(C(=O)Nc2cccc(Cl)c2)oc2ccccc12. The normalized spacial score (nSPS) is 11.0. The lowest BCUT2D eigenvalue weighted by atomic mass is 10.2. The smallest absolute Gasteiger partial charge is 0.293 e. The molecule has 24 heavy (non-hydrogen) atoms. The highest BCUT2D eigenvalue weighted by Gasteiger charge is 2.20. The quantitative estimate of drug-likeness (QED) is 0.652. The molecule has 4 nitrogen and oxygen atoms in total. The molecule has 0 aliphatic carbocycles.